The van der Waals surface area contributed by atoms with Crippen LogP contribution in [0.15, 0.2) is 18.2 Å². The number of phenols is 1. The van der Waals surface area contributed by atoms with Gasteiger partial charge >= 0.3 is 0 Å². The molecule has 1 saturated heterocycles. The predicted molar refractivity (Wildman–Crippen MR) is 70.6 cm³/mol. The zero-order chi connectivity index (χ0) is 11.7. The Labute approximate surface area is 97.9 Å². The molecular weight excluding hydrogens is 199 g/mol. The van der Waals surface area contributed by atoms with Crippen molar-refractivity contribution in [3.8, 4) is 5.75 Å². The van der Waals surface area contributed by atoms with E-state index in [-0.39, 0.29) is 0 Å². The molecule has 0 aliphatic carbocycles. The molecule has 86 valence electrons. The molecule has 0 saturated carbocycles. The van der Waals surface area contributed by atoms with E-state index in [0.29, 0.717) is 17.8 Å². The summed E-state index contributed by atoms with van der Waals surface area (Å²) in [5, 5.41) is 13.5. The van der Waals surface area contributed by atoms with Gasteiger partial charge in [0.1, 0.15) is 13.6 Å². The molecule has 1 heterocycles. The predicted octanol–water partition coefficient (Wildman–Crippen LogP) is -0.163. The first-order valence-corrected chi connectivity index (χ1v) is 5.87. The molecule has 2 atom stereocenters. The van der Waals surface area contributed by atoms with Crippen molar-refractivity contribution in [2.45, 2.75) is 25.9 Å². The van der Waals surface area contributed by atoms with Crippen molar-refractivity contribution < 1.29 is 5.11 Å². The van der Waals surface area contributed by atoms with Crippen LogP contribution < -0.4 is 15.7 Å². The van der Waals surface area contributed by atoms with E-state index in [9.17, 15) is 5.11 Å². The summed E-state index contributed by atoms with van der Waals surface area (Å²) >= 11 is 0. The maximum absolute atomic E-state index is 10.1. The molecule has 0 radical (unpaired) electrons. The smallest absolute Gasteiger partial charge is 0.144 e. The molecule has 2 N–H and O–H groups in total. The van der Waals surface area contributed by atoms with Gasteiger partial charge in [-0.15, -0.1) is 0 Å². The minimum atomic E-state index is 0.420. The molecule has 1 aliphatic rings. The number of nitrogens with zero attached hydrogens (tertiary/aromatic N) is 1. The first-order chi connectivity index (χ1) is 7.58. The standard InChI is InChI=1S/C12H19BN2O/c1-8-6-15(7-9(2)14-8)11-5-3-4-10(13)12(11)16/h3-5,8-9,14,16H,6-7,13H2,1-2H3/t8-,9+. The number of para-hydroxylation sites is 1. The summed E-state index contributed by atoms with van der Waals surface area (Å²) < 4.78 is 0. The SMILES string of the molecule is Bc1cccc(N2C[C@@H](C)N[C@@H](C)C2)c1O. The maximum atomic E-state index is 10.1. The summed E-state index contributed by atoms with van der Waals surface area (Å²) in [4.78, 5) is 2.26. The summed E-state index contributed by atoms with van der Waals surface area (Å²) in [6.45, 7) is 6.24. The van der Waals surface area contributed by atoms with E-state index >= 15 is 0 Å². The van der Waals surface area contributed by atoms with E-state index in [1.54, 1.807) is 0 Å². The van der Waals surface area contributed by atoms with Gasteiger partial charge in [0.15, 0.2) is 0 Å². The van der Waals surface area contributed by atoms with Crippen LogP contribution in [0.2, 0.25) is 0 Å². The second-order valence-electron chi connectivity index (χ2n) is 4.82. The van der Waals surface area contributed by atoms with Crippen LogP contribution in [0.1, 0.15) is 13.8 Å². The van der Waals surface area contributed by atoms with E-state index in [1.807, 2.05) is 26.0 Å². The lowest BCUT2D eigenvalue weighted by Crippen LogP contribution is -2.54. The molecule has 0 amide bonds. The fourth-order valence-electron chi connectivity index (χ4n) is 2.42. The van der Waals surface area contributed by atoms with Gasteiger partial charge in [-0.2, -0.15) is 0 Å². The van der Waals surface area contributed by atoms with Crippen LogP contribution in [-0.4, -0.2) is 38.1 Å². The average Bonchev–Trinajstić information content (AvgIpc) is 2.20. The largest absolute Gasteiger partial charge is 0.506 e. The normalized spacial score (nSPS) is 25.8. The Kier molecular flexibility index (Phi) is 3.10. The van der Waals surface area contributed by atoms with Crippen LogP contribution in [0, 0.1) is 0 Å². The molecule has 16 heavy (non-hydrogen) atoms. The minimum Gasteiger partial charge on any atom is -0.506 e. The quantitative estimate of drug-likeness (QED) is 0.643. The lowest BCUT2D eigenvalue weighted by Gasteiger charge is -2.38. The highest BCUT2D eigenvalue weighted by molar-refractivity contribution is 6.34. The molecule has 0 bridgehead atoms. The van der Waals surface area contributed by atoms with Crippen molar-refractivity contribution in [3.05, 3.63) is 18.2 Å². The van der Waals surface area contributed by atoms with Crippen LogP contribution >= 0.6 is 0 Å². The Bertz CT molecular complexity index is 373. The number of nitrogens with one attached hydrogen (secondary N) is 1. The minimum absolute atomic E-state index is 0.420. The zero-order valence-electron chi connectivity index (χ0n) is 10.2. The van der Waals surface area contributed by atoms with Crippen molar-refractivity contribution in [1.29, 1.82) is 0 Å². The number of hydrogen-bond donors (Lipinski definition) is 2. The van der Waals surface area contributed by atoms with Crippen molar-refractivity contribution in [3.63, 3.8) is 0 Å². The Morgan fingerprint density at radius 1 is 1.31 bits per heavy atom. The first kappa shape index (κ1) is 11.3. The van der Waals surface area contributed by atoms with Gasteiger partial charge in [-0.1, -0.05) is 12.1 Å². The fourth-order valence-corrected chi connectivity index (χ4v) is 2.42. The second kappa shape index (κ2) is 4.38. The third-order valence-electron chi connectivity index (χ3n) is 3.11. The van der Waals surface area contributed by atoms with Crippen LogP contribution in [-0.2, 0) is 0 Å². The van der Waals surface area contributed by atoms with Gasteiger partial charge in [-0.05, 0) is 25.4 Å². The van der Waals surface area contributed by atoms with Gasteiger partial charge in [0.05, 0.1) is 5.69 Å². The van der Waals surface area contributed by atoms with Gasteiger partial charge in [0.2, 0.25) is 0 Å². The number of phenolic OH excluding ortho intramolecular Hbond substituents is 1. The Morgan fingerprint density at radius 3 is 2.56 bits per heavy atom. The Morgan fingerprint density at radius 2 is 1.94 bits per heavy atom. The van der Waals surface area contributed by atoms with Crippen molar-refractivity contribution in [2.75, 3.05) is 18.0 Å². The molecular formula is C12H19BN2O. The van der Waals surface area contributed by atoms with Crippen LogP contribution in [0.25, 0.3) is 0 Å². The number of anilines is 1. The number of hydrogen-bond acceptors (Lipinski definition) is 3. The number of aromatic hydroxyl groups is 1. The summed E-state index contributed by atoms with van der Waals surface area (Å²) in [5.74, 6) is 0.420. The molecule has 1 aromatic rings. The third kappa shape index (κ3) is 2.17. The average molecular weight is 218 g/mol. The summed E-state index contributed by atoms with van der Waals surface area (Å²) in [6, 6.07) is 6.86. The van der Waals surface area contributed by atoms with Gasteiger partial charge in [0.25, 0.3) is 0 Å². The lowest BCUT2D eigenvalue weighted by atomic mass is 9.94. The topological polar surface area (TPSA) is 35.5 Å². The van der Waals surface area contributed by atoms with Crippen LogP contribution in [0.5, 0.6) is 5.75 Å². The molecule has 0 aromatic heterocycles. The molecule has 0 unspecified atom stereocenters. The van der Waals surface area contributed by atoms with Gasteiger partial charge in [-0.25, -0.2) is 0 Å². The second-order valence-corrected chi connectivity index (χ2v) is 4.82. The third-order valence-corrected chi connectivity index (χ3v) is 3.11. The summed E-state index contributed by atoms with van der Waals surface area (Å²) in [5.41, 5.74) is 1.90. The Hall–Kier alpha value is -1.16. The maximum Gasteiger partial charge on any atom is 0.144 e. The molecule has 1 aromatic carbocycles. The van der Waals surface area contributed by atoms with Crippen LogP contribution in [0.3, 0.4) is 0 Å². The van der Waals surface area contributed by atoms with Gasteiger partial charge < -0.3 is 15.3 Å². The van der Waals surface area contributed by atoms with Crippen molar-refractivity contribution >= 4 is 19.0 Å². The lowest BCUT2D eigenvalue weighted by molar-refractivity contribution is 0.401. The first-order valence-electron chi connectivity index (χ1n) is 5.87. The number of benzene rings is 1. The molecule has 0 spiro atoms. The van der Waals surface area contributed by atoms with Crippen molar-refractivity contribution in [1.82, 2.24) is 5.32 Å². The molecule has 4 heteroatoms. The summed E-state index contributed by atoms with van der Waals surface area (Å²) in [7, 11) is 1.94. The van der Waals surface area contributed by atoms with E-state index < -0.39 is 0 Å². The Balaban J connectivity index is 2.26. The molecule has 2 rings (SSSR count). The monoisotopic (exact) mass is 218 g/mol. The van der Waals surface area contributed by atoms with Gasteiger partial charge in [-0.3, -0.25) is 0 Å². The van der Waals surface area contributed by atoms with E-state index in [0.717, 1.165) is 24.2 Å². The molecule has 1 aliphatic heterocycles. The highest BCUT2D eigenvalue weighted by Crippen LogP contribution is 2.26. The van der Waals surface area contributed by atoms with Gasteiger partial charge in [0, 0.05) is 25.2 Å². The van der Waals surface area contributed by atoms with Crippen molar-refractivity contribution in [2.24, 2.45) is 0 Å². The highest BCUT2D eigenvalue weighted by Gasteiger charge is 2.22. The van der Waals surface area contributed by atoms with E-state index in [1.165, 1.54) is 0 Å². The number of rotatable bonds is 1. The van der Waals surface area contributed by atoms with E-state index in [4.69, 9.17) is 0 Å². The fraction of sp³-hybridized carbons (Fsp3) is 0.500. The molecule has 1 fully saturated rings. The zero-order valence-corrected chi connectivity index (χ0v) is 10.2. The van der Waals surface area contributed by atoms with E-state index in [2.05, 4.69) is 24.1 Å². The summed E-state index contributed by atoms with van der Waals surface area (Å²) in [6.07, 6.45) is 0. The highest BCUT2D eigenvalue weighted by atomic mass is 16.3. The van der Waals surface area contributed by atoms with Crippen LogP contribution in [0.4, 0.5) is 5.69 Å². The molecule has 3 nitrogen and oxygen atoms in total. The number of piperazine rings is 1.